The van der Waals surface area contributed by atoms with Gasteiger partial charge in [0.2, 0.25) is 5.91 Å². The monoisotopic (exact) mass is 422 g/mol. The molecule has 2 aliphatic rings. The van der Waals surface area contributed by atoms with Crippen molar-refractivity contribution >= 4 is 46.5 Å². The summed E-state index contributed by atoms with van der Waals surface area (Å²) in [5.74, 6) is -0.472. The van der Waals surface area contributed by atoms with Gasteiger partial charge in [-0.2, -0.15) is 0 Å². The molecule has 2 aliphatic heterocycles. The molecule has 0 spiro atoms. The quantitative estimate of drug-likeness (QED) is 0.709. The van der Waals surface area contributed by atoms with Crippen LogP contribution in [0.3, 0.4) is 0 Å². The number of nitrogens with zero attached hydrogens (tertiary/aromatic N) is 2. The minimum atomic E-state index is -0.395. The Labute approximate surface area is 173 Å². The Hall–Kier alpha value is -1.83. The lowest BCUT2D eigenvalue weighted by molar-refractivity contribution is -0.135. The molecular weight excluding hydrogens is 400 g/mol. The van der Waals surface area contributed by atoms with E-state index in [1.165, 1.54) is 0 Å². The summed E-state index contributed by atoms with van der Waals surface area (Å²) in [7, 11) is 0. The number of thioether (sulfide) groups is 1. The fraction of sp³-hybridized carbons (Fsp3) is 0.450. The number of hydrogen-bond donors (Lipinski definition) is 1. The van der Waals surface area contributed by atoms with E-state index in [-0.39, 0.29) is 36.8 Å². The van der Waals surface area contributed by atoms with Gasteiger partial charge in [-0.1, -0.05) is 29.8 Å². The molecular formula is C20H23ClN2O4S. The summed E-state index contributed by atoms with van der Waals surface area (Å²) in [6.07, 6.45) is 5.14. The highest BCUT2D eigenvalue weighted by Gasteiger charge is 2.36. The highest BCUT2D eigenvalue weighted by atomic mass is 35.5. The Morgan fingerprint density at radius 1 is 1.29 bits per heavy atom. The van der Waals surface area contributed by atoms with E-state index in [0.29, 0.717) is 28.5 Å². The number of aliphatic hydroxyl groups is 1. The van der Waals surface area contributed by atoms with Crippen molar-refractivity contribution in [2.24, 2.45) is 0 Å². The third-order valence-corrected chi connectivity index (χ3v) is 6.28. The van der Waals surface area contributed by atoms with Crippen LogP contribution in [0.5, 0.6) is 0 Å². The molecule has 0 aliphatic carbocycles. The largest absolute Gasteiger partial charge is 0.396 e. The molecule has 2 heterocycles. The third-order valence-electron chi connectivity index (χ3n) is 5.02. The summed E-state index contributed by atoms with van der Waals surface area (Å²) in [6, 6.07) is 7.14. The van der Waals surface area contributed by atoms with Gasteiger partial charge in [0.1, 0.15) is 0 Å². The summed E-state index contributed by atoms with van der Waals surface area (Å²) in [5, 5.41) is 9.34. The molecule has 28 heavy (non-hydrogen) atoms. The number of benzene rings is 1. The van der Waals surface area contributed by atoms with Gasteiger partial charge in [-0.05, 0) is 55.2 Å². The first kappa shape index (κ1) is 20.9. The van der Waals surface area contributed by atoms with Crippen molar-refractivity contribution in [1.29, 1.82) is 0 Å². The molecule has 1 atom stereocenters. The van der Waals surface area contributed by atoms with Crippen molar-refractivity contribution in [2.75, 3.05) is 19.7 Å². The topological polar surface area (TPSA) is 77.9 Å². The Morgan fingerprint density at radius 3 is 2.82 bits per heavy atom. The van der Waals surface area contributed by atoms with E-state index in [4.69, 9.17) is 11.6 Å². The van der Waals surface area contributed by atoms with Gasteiger partial charge < -0.3 is 10.0 Å². The van der Waals surface area contributed by atoms with E-state index in [1.54, 1.807) is 29.2 Å². The van der Waals surface area contributed by atoms with Crippen molar-refractivity contribution in [2.45, 2.75) is 38.1 Å². The van der Waals surface area contributed by atoms with Crippen LogP contribution in [0.1, 0.15) is 37.7 Å². The van der Waals surface area contributed by atoms with Gasteiger partial charge in [0, 0.05) is 37.2 Å². The summed E-state index contributed by atoms with van der Waals surface area (Å²) in [4.78, 5) is 40.7. The maximum atomic E-state index is 12.6. The Morgan fingerprint density at radius 2 is 2.07 bits per heavy atom. The first-order chi connectivity index (χ1) is 13.5. The van der Waals surface area contributed by atoms with E-state index in [1.807, 2.05) is 6.07 Å². The number of hydrogen-bond acceptors (Lipinski definition) is 5. The molecule has 1 N–H and O–H groups in total. The second kappa shape index (κ2) is 9.58. The summed E-state index contributed by atoms with van der Waals surface area (Å²) in [5.41, 5.74) is 0.672. The van der Waals surface area contributed by atoms with E-state index >= 15 is 0 Å². The third kappa shape index (κ3) is 4.77. The first-order valence-corrected chi connectivity index (χ1v) is 10.6. The average Bonchev–Trinajstić information content (AvgIpc) is 2.95. The maximum absolute atomic E-state index is 12.6. The zero-order valence-electron chi connectivity index (χ0n) is 15.5. The fourth-order valence-electron chi connectivity index (χ4n) is 3.56. The van der Waals surface area contributed by atoms with Crippen LogP contribution in [-0.4, -0.2) is 57.7 Å². The van der Waals surface area contributed by atoms with Gasteiger partial charge in [-0.25, -0.2) is 0 Å². The number of carbonyl (C=O) groups is 3. The van der Waals surface area contributed by atoms with Gasteiger partial charge in [0.15, 0.2) is 0 Å². The van der Waals surface area contributed by atoms with Crippen molar-refractivity contribution < 1.29 is 19.5 Å². The number of halogens is 1. The lowest BCUT2D eigenvalue weighted by atomic mass is 9.99. The number of piperidine rings is 1. The molecule has 0 aromatic heterocycles. The minimum absolute atomic E-state index is 0.0429. The molecule has 6 nitrogen and oxygen atoms in total. The second-order valence-corrected chi connectivity index (χ2v) is 8.25. The van der Waals surface area contributed by atoms with Crippen molar-refractivity contribution in [3.63, 3.8) is 0 Å². The van der Waals surface area contributed by atoms with Crippen LogP contribution in [0, 0.1) is 0 Å². The standard InChI is InChI=1S/C20H23ClN2O4S/c21-16-7-2-1-5-14(16)13-17-19(26)23(20(27)28-17)11-8-18(25)22-10-4-3-6-15(22)9-12-24/h1-2,5,7,13,15,24H,3-4,6,8-12H2/b17-13-/t15-/m0/s1. The lowest BCUT2D eigenvalue weighted by Gasteiger charge is -2.36. The Balaban J connectivity index is 1.63. The zero-order chi connectivity index (χ0) is 20.1. The van der Waals surface area contributed by atoms with Crippen LogP contribution >= 0.6 is 23.4 Å². The molecule has 3 amide bonds. The second-order valence-electron chi connectivity index (χ2n) is 6.85. The fourth-order valence-corrected chi connectivity index (χ4v) is 4.60. The normalized spacial score (nSPS) is 21.6. The highest BCUT2D eigenvalue weighted by Crippen LogP contribution is 2.33. The van der Waals surface area contributed by atoms with E-state index in [0.717, 1.165) is 35.9 Å². The molecule has 150 valence electrons. The minimum Gasteiger partial charge on any atom is -0.396 e. The van der Waals surface area contributed by atoms with Crippen LogP contribution in [-0.2, 0) is 9.59 Å². The number of aliphatic hydroxyl groups excluding tert-OH is 1. The summed E-state index contributed by atoms with van der Waals surface area (Å²) >= 11 is 6.98. The molecule has 0 radical (unpaired) electrons. The van der Waals surface area contributed by atoms with Gasteiger partial charge in [0.05, 0.1) is 4.91 Å². The van der Waals surface area contributed by atoms with Crippen LogP contribution in [0.15, 0.2) is 29.2 Å². The van der Waals surface area contributed by atoms with E-state index in [2.05, 4.69) is 0 Å². The predicted molar refractivity (Wildman–Crippen MR) is 110 cm³/mol. The molecule has 1 aromatic carbocycles. The smallest absolute Gasteiger partial charge is 0.293 e. The molecule has 0 unspecified atom stereocenters. The van der Waals surface area contributed by atoms with Crippen LogP contribution in [0.2, 0.25) is 5.02 Å². The molecule has 2 fully saturated rings. The average molecular weight is 423 g/mol. The van der Waals surface area contributed by atoms with Crippen LogP contribution < -0.4 is 0 Å². The number of carbonyl (C=O) groups excluding carboxylic acids is 3. The number of imide groups is 1. The zero-order valence-corrected chi connectivity index (χ0v) is 17.0. The molecule has 1 aromatic rings. The van der Waals surface area contributed by atoms with Crippen molar-refractivity contribution in [1.82, 2.24) is 9.80 Å². The Bertz CT molecular complexity index is 796. The molecule has 3 rings (SSSR count). The predicted octanol–water partition coefficient (Wildman–Crippen LogP) is 3.53. The van der Waals surface area contributed by atoms with Crippen molar-refractivity contribution in [3.8, 4) is 0 Å². The number of likely N-dealkylation sites (tertiary alicyclic amines) is 1. The van der Waals surface area contributed by atoms with E-state index < -0.39 is 5.91 Å². The molecule has 0 bridgehead atoms. The SMILES string of the molecule is O=C1S/C(=C\c2ccccc2Cl)C(=O)N1CCC(=O)N1CCCC[C@H]1CCO. The van der Waals surface area contributed by atoms with Gasteiger partial charge in [0.25, 0.3) is 11.1 Å². The Kier molecular flexibility index (Phi) is 7.15. The lowest BCUT2D eigenvalue weighted by Crippen LogP contribution is -2.45. The number of rotatable bonds is 6. The van der Waals surface area contributed by atoms with Crippen LogP contribution in [0.4, 0.5) is 4.79 Å². The molecule has 0 saturated carbocycles. The number of amides is 3. The molecule has 8 heteroatoms. The van der Waals surface area contributed by atoms with Gasteiger partial charge >= 0.3 is 0 Å². The maximum Gasteiger partial charge on any atom is 0.293 e. The molecule has 2 saturated heterocycles. The van der Waals surface area contributed by atoms with Crippen molar-refractivity contribution in [3.05, 3.63) is 39.8 Å². The summed E-state index contributed by atoms with van der Waals surface area (Å²) in [6.45, 7) is 0.772. The van der Waals surface area contributed by atoms with E-state index in [9.17, 15) is 19.5 Å². The van der Waals surface area contributed by atoms with Gasteiger partial charge in [-0.3, -0.25) is 19.3 Å². The summed E-state index contributed by atoms with van der Waals surface area (Å²) < 4.78 is 0. The first-order valence-electron chi connectivity index (χ1n) is 9.41. The van der Waals surface area contributed by atoms with Gasteiger partial charge in [-0.15, -0.1) is 0 Å². The van der Waals surface area contributed by atoms with Crippen LogP contribution in [0.25, 0.3) is 6.08 Å². The highest BCUT2D eigenvalue weighted by molar-refractivity contribution is 8.18.